The normalized spacial score (nSPS) is 14.5. The fraction of sp³-hybridized carbons (Fsp3) is 0.333. The molecule has 1 aliphatic carbocycles. The van der Waals surface area contributed by atoms with Crippen molar-refractivity contribution in [3.05, 3.63) is 53.1 Å². The first kappa shape index (κ1) is 10.2. The Balaban J connectivity index is 2.15. The topological polar surface area (TPSA) is 0 Å². The minimum Gasteiger partial charge on any atom is -0.0840 e. The van der Waals surface area contributed by atoms with E-state index in [1.54, 1.807) is 0 Å². The highest BCUT2D eigenvalue weighted by Gasteiger charge is 2.03. The molecule has 0 saturated carbocycles. The minimum atomic E-state index is 1.10. The zero-order valence-corrected chi connectivity index (χ0v) is 9.37. The molecule has 0 N–H and O–H groups in total. The molecule has 78 valence electrons. The molecule has 2 rings (SSSR count). The molecule has 1 aromatic rings. The molecule has 0 spiro atoms. The van der Waals surface area contributed by atoms with Crippen LogP contribution in [-0.4, -0.2) is 0 Å². The van der Waals surface area contributed by atoms with Crippen molar-refractivity contribution in [2.75, 3.05) is 0 Å². The lowest BCUT2D eigenvalue weighted by Crippen LogP contribution is -1.96. The molecule has 0 bridgehead atoms. The monoisotopic (exact) mass is 198 g/mol. The molecular weight excluding hydrogens is 180 g/mol. The summed E-state index contributed by atoms with van der Waals surface area (Å²) in [6.45, 7) is 2.21. The number of rotatable bonds is 3. The van der Waals surface area contributed by atoms with Gasteiger partial charge in [-0.25, -0.2) is 0 Å². The van der Waals surface area contributed by atoms with Crippen molar-refractivity contribution in [1.29, 1.82) is 0 Å². The zero-order chi connectivity index (χ0) is 10.5. The SMILES string of the molecule is CCCC=Cc1ccc2c(c1)CC=CC2. The molecule has 0 heterocycles. The van der Waals surface area contributed by atoms with Gasteiger partial charge < -0.3 is 0 Å². The molecule has 15 heavy (non-hydrogen) atoms. The Morgan fingerprint density at radius 2 is 1.93 bits per heavy atom. The van der Waals surface area contributed by atoms with Crippen LogP contribution in [0, 0.1) is 0 Å². The van der Waals surface area contributed by atoms with Gasteiger partial charge in [-0.1, -0.05) is 55.8 Å². The number of allylic oxidation sites excluding steroid dienone is 3. The first-order chi connectivity index (χ1) is 7.40. The average molecular weight is 198 g/mol. The number of benzene rings is 1. The summed E-state index contributed by atoms with van der Waals surface area (Å²) in [6.07, 6.45) is 13.6. The zero-order valence-electron chi connectivity index (χ0n) is 9.37. The van der Waals surface area contributed by atoms with E-state index in [1.807, 2.05) is 0 Å². The van der Waals surface area contributed by atoms with Crippen molar-refractivity contribution >= 4 is 6.08 Å². The van der Waals surface area contributed by atoms with Crippen molar-refractivity contribution in [3.8, 4) is 0 Å². The van der Waals surface area contributed by atoms with Crippen LogP contribution in [-0.2, 0) is 12.8 Å². The van der Waals surface area contributed by atoms with E-state index in [9.17, 15) is 0 Å². The van der Waals surface area contributed by atoms with Crippen LogP contribution in [0.3, 0.4) is 0 Å². The number of unbranched alkanes of at least 4 members (excludes halogenated alkanes) is 1. The molecule has 0 amide bonds. The fourth-order valence-corrected chi connectivity index (χ4v) is 1.95. The van der Waals surface area contributed by atoms with E-state index in [1.165, 1.54) is 29.5 Å². The van der Waals surface area contributed by atoms with E-state index in [2.05, 4.69) is 49.4 Å². The number of hydrogen-bond donors (Lipinski definition) is 0. The third-order valence-electron chi connectivity index (χ3n) is 2.84. The second kappa shape index (κ2) is 4.97. The van der Waals surface area contributed by atoms with Gasteiger partial charge >= 0.3 is 0 Å². The van der Waals surface area contributed by atoms with Gasteiger partial charge in [0.05, 0.1) is 0 Å². The smallest absolute Gasteiger partial charge is 0.00943 e. The van der Waals surface area contributed by atoms with Crippen molar-refractivity contribution < 1.29 is 0 Å². The Kier molecular flexibility index (Phi) is 3.39. The molecule has 0 unspecified atom stereocenters. The van der Waals surface area contributed by atoms with Crippen LogP contribution in [0.5, 0.6) is 0 Å². The van der Waals surface area contributed by atoms with Gasteiger partial charge in [0.25, 0.3) is 0 Å². The highest BCUT2D eigenvalue weighted by Crippen LogP contribution is 2.19. The maximum absolute atomic E-state index is 2.32. The van der Waals surface area contributed by atoms with Gasteiger partial charge in [-0.3, -0.25) is 0 Å². The van der Waals surface area contributed by atoms with Gasteiger partial charge in [0.15, 0.2) is 0 Å². The molecular formula is C15H18. The highest BCUT2D eigenvalue weighted by molar-refractivity contribution is 5.52. The third kappa shape index (κ3) is 2.59. The largest absolute Gasteiger partial charge is 0.0840 e. The second-order valence-corrected chi connectivity index (χ2v) is 4.10. The molecule has 0 fully saturated rings. The Bertz CT molecular complexity index is 383. The summed E-state index contributed by atoms with van der Waals surface area (Å²) in [5.41, 5.74) is 4.33. The maximum Gasteiger partial charge on any atom is -0.00943 e. The van der Waals surface area contributed by atoms with Gasteiger partial charge in [0, 0.05) is 0 Å². The third-order valence-corrected chi connectivity index (χ3v) is 2.84. The van der Waals surface area contributed by atoms with Crippen LogP contribution in [0.2, 0.25) is 0 Å². The first-order valence-electron chi connectivity index (χ1n) is 5.83. The average Bonchev–Trinajstić information content (AvgIpc) is 2.29. The van der Waals surface area contributed by atoms with Crippen LogP contribution < -0.4 is 0 Å². The summed E-state index contributed by atoms with van der Waals surface area (Å²) in [5.74, 6) is 0. The molecule has 0 radical (unpaired) electrons. The van der Waals surface area contributed by atoms with Crippen LogP contribution in [0.1, 0.15) is 36.5 Å². The standard InChI is InChI=1S/C15H18/c1-2-3-4-7-13-10-11-14-8-5-6-9-15(14)12-13/h4-7,10-12H,2-3,8-9H2,1H3. The first-order valence-corrected chi connectivity index (χ1v) is 5.83. The van der Waals surface area contributed by atoms with Crippen LogP contribution in [0.25, 0.3) is 6.08 Å². The molecule has 0 aliphatic heterocycles. The Morgan fingerprint density at radius 1 is 1.13 bits per heavy atom. The fourth-order valence-electron chi connectivity index (χ4n) is 1.95. The molecule has 1 aliphatic rings. The van der Waals surface area contributed by atoms with Crippen molar-refractivity contribution in [2.45, 2.75) is 32.6 Å². The summed E-state index contributed by atoms with van der Waals surface area (Å²) in [6, 6.07) is 6.82. The summed E-state index contributed by atoms with van der Waals surface area (Å²) >= 11 is 0. The van der Waals surface area contributed by atoms with Gasteiger partial charge in [-0.05, 0) is 36.0 Å². The van der Waals surface area contributed by atoms with Gasteiger partial charge in [-0.2, -0.15) is 0 Å². The molecule has 0 aromatic heterocycles. The van der Waals surface area contributed by atoms with Crippen LogP contribution in [0.15, 0.2) is 36.4 Å². The van der Waals surface area contributed by atoms with Gasteiger partial charge in [-0.15, -0.1) is 0 Å². The quantitative estimate of drug-likeness (QED) is 0.640. The Morgan fingerprint density at radius 3 is 2.73 bits per heavy atom. The molecule has 1 aromatic carbocycles. The highest BCUT2D eigenvalue weighted by atomic mass is 14.1. The maximum atomic E-state index is 2.32. The van der Waals surface area contributed by atoms with Crippen molar-refractivity contribution in [1.82, 2.24) is 0 Å². The summed E-state index contributed by atoms with van der Waals surface area (Å²) in [7, 11) is 0. The second-order valence-electron chi connectivity index (χ2n) is 4.10. The summed E-state index contributed by atoms with van der Waals surface area (Å²) < 4.78 is 0. The lowest BCUT2D eigenvalue weighted by Gasteiger charge is -2.11. The van der Waals surface area contributed by atoms with Crippen molar-refractivity contribution in [2.24, 2.45) is 0 Å². The molecule has 0 saturated heterocycles. The van der Waals surface area contributed by atoms with E-state index in [0.29, 0.717) is 0 Å². The Labute approximate surface area is 92.3 Å². The van der Waals surface area contributed by atoms with E-state index < -0.39 is 0 Å². The van der Waals surface area contributed by atoms with E-state index in [0.717, 1.165) is 12.8 Å². The lowest BCUT2D eigenvalue weighted by molar-refractivity contribution is 0.962. The Hall–Kier alpha value is -1.30. The van der Waals surface area contributed by atoms with E-state index >= 15 is 0 Å². The van der Waals surface area contributed by atoms with Gasteiger partial charge in [0.2, 0.25) is 0 Å². The minimum absolute atomic E-state index is 1.10. The summed E-state index contributed by atoms with van der Waals surface area (Å²) in [4.78, 5) is 0. The summed E-state index contributed by atoms with van der Waals surface area (Å²) in [5, 5.41) is 0. The predicted molar refractivity (Wildman–Crippen MR) is 66.9 cm³/mol. The number of hydrogen-bond acceptors (Lipinski definition) is 0. The van der Waals surface area contributed by atoms with Gasteiger partial charge in [0.1, 0.15) is 0 Å². The van der Waals surface area contributed by atoms with E-state index in [-0.39, 0.29) is 0 Å². The predicted octanol–water partition coefficient (Wildman–Crippen LogP) is 4.15. The van der Waals surface area contributed by atoms with Crippen LogP contribution >= 0.6 is 0 Å². The van der Waals surface area contributed by atoms with Crippen molar-refractivity contribution in [3.63, 3.8) is 0 Å². The number of fused-ring (bicyclic) bond motifs is 1. The lowest BCUT2D eigenvalue weighted by atomic mass is 9.95. The van der Waals surface area contributed by atoms with E-state index in [4.69, 9.17) is 0 Å². The van der Waals surface area contributed by atoms with Crippen LogP contribution in [0.4, 0.5) is 0 Å². The molecule has 0 nitrogen and oxygen atoms in total. The molecule has 0 heteroatoms. The molecule has 0 atom stereocenters.